The lowest BCUT2D eigenvalue weighted by atomic mass is 10.1. The number of benzene rings is 1. The maximum atomic E-state index is 5.97. The molecule has 130 valence electrons. The first-order chi connectivity index (χ1) is 12.2. The van der Waals surface area contributed by atoms with E-state index in [1.165, 1.54) is 5.56 Å². The highest BCUT2D eigenvalue weighted by atomic mass is 16.5. The van der Waals surface area contributed by atoms with Crippen LogP contribution in [0.4, 0.5) is 0 Å². The highest BCUT2D eigenvalue weighted by molar-refractivity contribution is 5.34. The summed E-state index contributed by atoms with van der Waals surface area (Å²) in [4.78, 5) is 6.45. The molecule has 3 aromatic rings. The normalized spacial score (nSPS) is 21.5. The van der Waals surface area contributed by atoms with E-state index >= 15 is 0 Å². The lowest BCUT2D eigenvalue weighted by Gasteiger charge is -2.35. The van der Waals surface area contributed by atoms with Gasteiger partial charge in [0.15, 0.2) is 0 Å². The van der Waals surface area contributed by atoms with Gasteiger partial charge in [-0.15, -0.1) is 10.2 Å². The summed E-state index contributed by atoms with van der Waals surface area (Å²) in [6.07, 6.45) is 5.47. The number of hydrogen-bond donors (Lipinski definition) is 0. The van der Waals surface area contributed by atoms with E-state index in [4.69, 9.17) is 9.15 Å². The number of imidazole rings is 1. The van der Waals surface area contributed by atoms with E-state index in [-0.39, 0.29) is 12.2 Å². The van der Waals surface area contributed by atoms with Crippen LogP contribution < -0.4 is 0 Å². The van der Waals surface area contributed by atoms with Crippen molar-refractivity contribution in [1.82, 2.24) is 24.6 Å². The summed E-state index contributed by atoms with van der Waals surface area (Å²) in [5.74, 6) is 1.13. The molecule has 25 heavy (non-hydrogen) atoms. The summed E-state index contributed by atoms with van der Waals surface area (Å²) in [6, 6.07) is 8.53. The highest BCUT2D eigenvalue weighted by Crippen LogP contribution is 2.25. The zero-order valence-corrected chi connectivity index (χ0v) is 14.4. The minimum Gasteiger partial charge on any atom is -0.423 e. The van der Waals surface area contributed by atoms with Crippen LogP contribution >= 0.6 is 0 Å². The Morgan fingerprint density at radius 2 is 2.00 bits per heavy atom. The van der Waals surface area contributed by atoms with Gasteiger partial charge in [-0.25, -0.2) is 4.98 Å². The Hall–Kier alpha value is -2.51. The molecule has 0 radical (unpaired) electrons. The summed E-state index contributed by atoms with van der Waals surface area (Å²) >= 11 is 0. The van der Waals surface area contributed by atoms with Crippen molar-refractivity contribution in [3.05, 3.63) is 60.3 Å². The quantitative estimate of drug-likeness (QED) is 0.727. The fourth-order valence-corrected chi connectivity index (χ4v) is 3.19. The van der Waals surface area contributed by atoms with E-state index in [2.05, 4.69) is 51.3 Å². The van der Waals surface area contributed by atoms with Gasteiger partial charge in [0, 0.05) is 44.6 Å². The monoisotopic (exact) mass is 339 g/mol. The molecule has 1 aromatic carbocycles. The Kier molecular flexibility index (Phi) is 4.33. The summed E-state index contributed by atoms with van der Waals surface area (Å²) < 4.78 is 13.5. The minimum atomic E-state index is -0.171. The molecule has 1 aliphatic heterocycles. The van der Waals surface area contributed by atoms with Crippen LogP contribution in [-0.2, 0) is 11.3 Å². The van der Waals surface area contributed by atoms with Gasteiger partial charge in [-0.3, -0.25) is 4.90 Å². The van der Waals surface area contributed by atoms with Gasteiger partial charge in [0.2, 0.25) is 11.8 Å². The second-order valence-electron chi connectivity index (χ2n) is 6.43. The van der Waals surface area contributed by atoms with Crippen molar-refractivity contribution in [2.45, 2.75) is 32.6 Å². The molecule has 0 unspecified atom stereocenters. The van der Waals surface area contributed by atoms with Gasteiger partial charge in [-0.05, 0) is 24.6 Å². The second-order valence-corrected chi connectivity index (χ2v) is 6.43. The number of rotatable bonds is 4. The second kappa shape index (κ2) is 6.78. The zero-order valence-electron chi connectivity index (χ0n) is 14.4. The third-order valence-corrected chi connectivity index (χ3v) is 4.30. The molecule has 2 aromatic heterocycles. The van der Waals surface area contributed by atoms with Gasteiger partial charge < -0.3 is 13.7 Å². The van der Waals surface area contributed by atoms with Crippen molar-refractivity contribution in [3.63, 3.8) is 0 Å². The van der Waals surface area contributed by atoms with Crippen molar-refractivity contribution < 1.29 is 9.15 Å². The first-order valence-electron chi connectivity index (χ1n) is 8.42. The standard InChI is InChI=1S/C18H21N5O2/c1-13-9-22(11-17(24-13)18-21-20-14(2)25-18)10-15-3-5-16(6-4-15)23-8-7-19-12-23/h3-8,12-13,17H,9-11H2,1-2H3/t13-,17-/m1/s1. The van der Waals surface area contributed by atoms with Gasteiger partial charge in [-0.2, -0.15) is 0 Å². The van der Waals surface area contributed by atoms with Crippen molar-refractivity contribution in [3.8, 4) is 5.69 Å². The fourth-order valence-electron chi connectivity index (χ4n) is 3.19. The van der Waals surface area contributed by atoms with E-state index in [0.717, 1.165) is 25.3 Å². The number of nitrogens with zero attached hydrogens (tertiary/aromatic N) is 5. The summed E-state index contributed by atoms with van der Waals surface area (Å²) in [5, 5.41) is 8.02. The molecule has 0 spiro atoms. The summed E-state index contributed by atoms with van der Waals surface area (Å²) in [5.41, 5.74) is 2.37. The molecular weight excluding hydrogens is 318 g/mol. The maximum Gasteiger partial charge on any atom is 0.246 e. The molecule has 2 atom stereocenters. The Labute approximate surface area is 146 Å². The predicted molar refractivity (Wildman–Crippen MR) is 91.2 cm³/mol. The molecule has 7 nitrogen and oxygen atoms in total. The van der Waals surface area contributed by atoms with Crippen LogP contribution in [0.1, 0.15) is 30.4 Å². The van der Waals surface area contributed by atoms with Crippen LogP contribution in [0, 0.1) is 6.92 Å². The average molecular weight is 339 g/mol. The van der Waals surface area contributed by atoms with Crippen molar-refractivity contribution in [1.29, 1.82) is 0 Å². The first-order valence-corrected chi connectivity index (χ1v) is 8.42. The maximum absolute atomic E-state index is 5.97. The predicted octanol–water partition coefficient (Wildman–Crippen LogP) is 2.53. The van der Waals surface area contributed by atoms with Gasteiger partial charge in [0.25, 0.3) is 0 Å². The van der Waals surface area contributed by atoms with E-state index in [0.29, 0.717) is 11.8 Å². The number of ether oxygens (including phenoxy) is 1. The largest absolute Gasteiger partial charge is 0.423 e. The van der Waals surface area contributed by atoms with E-state index in [9.17, 15) is 0 Å². The zero-order chi connectivity index (χ0) is 17.2. The topological polar surface area (TPSA) is 69.2 Å². The van der Waals surface area contributed by atoms with Crippen LogP contribution in [0.5, 0.6) is 0 Å². The Morgan fingerprint density at radius 3 is 2.68 bits per heavy atom. The number of aromatic nitrogens is 4. The fraction of sp³-hybridized carbons (Fsp3) is 0.389. The molecule has 4 rings (SSSR count). The number of hydrogen-bond acceptors (Lipinski definition) is 6. The lowest BCUT2D eigenvalue weighted by molar-refractivity contribution is -0.0917. The lowest BCUT2D eigenvalue weighted by Crippen LogP contribution is -2.42. The molecule has 0 amide bonds. The van der Waals surface area contributed by atoms with Crippen molar-refractivity contribution in [2.24, 2.45) is 0 Å². The Bertz CT molecular complexity index is 812. The van der Waals surface area contributed by atoms with E-state index < -0.39 is 0 Å². The van der Waals surface area contributed by atoms with Crippen LogP contribution in [-0.4, -0.2) is 43.8 Å². The van der Waals surface area contributed by atoms with Crippen LogP contribution in [0.2, 0.25) is 0 Å². The van der Waals surface area contributed by atoms with E-state index in [1.807, 2.05) is 10.8 Å². The van der Waals surface area contributed by atoms with Crippen LogP contribution in [0.25, 0.3) is 5.69 Å². The van der Waals surface area contributed by atoms with E-state index in [1.54, 1.807) is 19.4 Å². The molecule has 0 bridgehead atoms. The van der Waals surface area contributed by atoms with Gasteiger partial charge in [-0.1, -0.05) is 12.1 Å². The molecule has 0 aliphatic carbocycles. The molecule has 1 fully saturated rings. The van der Waals surface area contributed by atoms with Crippen LogP contribution in [0.15, 0.2) is 47.4 Å². The highest BCUT2D eigenvalue weighted by Gasteiger charge is 2.30. The molecular formula is C18H21N5O2. The van der Waals surface area contributed by atoms with Gasteiger partial charge >= 0.3 is 0 Å². The minimum absolute atomic E-state index is 0.121. The molecule has 0 N–H and O–H groups in total. The molecule has 7 heteroatoms. The molecule has 0 saturated carbocycles. The summed E-state index contributed by atoms with van der Waals surface area (Å²) in [7, 11) is 0. The third-order valence-electron chi connectivity index (χ3n) is 4.30. The average Bonchev–Trinajstić information content (AvgIpc) is 3.27. The van der Waals surface area contributed by atoms with Crippen LogP contribution in [0.3, 0.4) is 0 Å². The Morgan fingerprint density at radius 1 is 1.16 bits per heavy atom. The van der Waals surface area contributed by atoms with Gasteiger partial charge in [0.05, 0.1) is 12.4 Å². The van der Waals surface area contributed by atoms with Gasteiger partial charge in [0.1, 0.15) is 6.10 Å². The molecule has 1 aliphatic rings. The smallest absolute Gasteiger partial charge is 0.246 e. The molecule has 3 heterocycles. The SMILES string of the molecule is Cc1nnc([C@H]2CN(Cc3ccc(-n4ccnc4)cc3)C[C@@H](C)O2)o1. The first kappa shape index (κ1) is 16.0. The molecule has 1 saturated heterocycles. The van der Waals surface area contributed by atoms with Crippen molar-refractivity contribution >= 4 is 0 Å². The summed E-state index contributed by atoms with van der Waals surface area (Å²) in [6.45, 7) is 6.36. The number of morpholine rings is 1. The Balaban J connectivity index is 1.44. The number of aryl methyl sites for hydroxylation is 1. The van der Waals surface area contributed by atoms with Crippen molar-refractivity contribution in [2.75, 3.05) is 13.1 Å². The third kappa shape index (κ3) is 3.62.